The molecule has 20 heavy (non-hydrogen) atoms. The molecule has 0 amide bonds. The lowest BCUT2D eigenvalue weighted by Gasteiger charge is -2.15. The normalized spacial score (nSPS) is 15.8. The highest BCUT2D eigenvalue weighted by molar-refractivity contribution is 5.76. The Labute approximate surface area is 116 Å². The van der Waals surface area contributed by atoms with E-state index in [2.05, 4.69) is 15.3 Å². The summed E-state index contributed by atoms with van der Waals surface area (Å²) in [6.07, 6.45) is 3.07. The van der Waals surface area contributed by atoms with Crippen LogP contribution in [0.15, 0.2) is 10.9 Å². The molecule has 1 aromatic rings. The number of hydrogen-bond donors (Lipinski definition) is 3. The molecule has 1 aliphatic carbocycles. The number of methoxy groups -OCH3 is 1. The highest BCUT2D eigenvalue weighted by Crippen LogP contribution is 2.37. The third-order valence-corrected chi connectivity index (χ3v) is 3.19. The summed E-state index contributed by atoms with van der Waals surface area (Å²) < 4.78 is 4.91. The molecule has 1 unspecified atom stereocenters. The first-order valence-corrected chi connectivity index (χ1v) is 6.69. The van der Waals surface area contributed by atoms with Crippen LogP contribution in [0.2, 0.25) is 0 Å². The summed E-state index contributed by atoms with van der Waals surface area (Å²) in [7, 11) is 1.57. The van der Waals surface area contributed by atoms with Gasteiger partial charge in [-0.25, -0.2) is 9.78 Å². The third-order valence-electron chi connectivity index (χ3n) is 3.19. The molecule has 1 aliphatic rings. The zero-order chi connectivity index (χ0) is 14.5. The van der Waals surface area contributed by atoms with Crippen molar-refractivity contribution in [1.29, 1.82) is 0 Å². The summed E-state index contributed by atoms with van der Waals surface area (Å²) in [6.45, 7) is 0.502. The second-order valence-corrected chi connectivity index (χ2v) is 4.96. The van der Waals surface area contributed by atoms with Crippen LogP contribution >= 0.6 is 0 Å². The van der Waals surface area contributed by atoms with E-state index in [9.17, 15) is 14.7 Å². The Balaban J connectivity index is 2.05. The van der Waals surface area contributed by atoms with Gasteiger partial charge < -0.3 is 20.1 Å². The number of H-pyrrole nitrogens is 1. The Morgan fingerprint density at radius 3 is 3.00 bits per heavy atom. The first-order valence-electron chi connectivity index (χ1n) is 6.69. The van der Waals surface area contributed by atoms with Crippen molar-refractivity contribution in [3.05, 3.63) is 22.2 Å². The Morgan fingerprint density at radius 2 is 2.40 bits per heavy atom. The van der Waals surface area contributed by atoms with Crippen molar-refractivity contribution >= 4 is 11.8 Å². The van der Waals surface area contributed by atoms with Gasteiger partial charge in [0.1, 0.15) is 17.7 Å². The summed E-state index contributed by atoms with van der Waals surface area (Å²) in [4.78, 5) is 29.7. The predicted molar refractivity (Wildman–Crippen MR) is 73.0 cm³/mol. The minimum atomic E-state index is -0.962. The first-order chi connectivity index (χ1) is 9.60. The van der Waals surface area contributed by atoms with Gasteiger partial charge in [0.15, 0.2) is 0 Å². The van der Waals surface area contributed by atoms with Crippen LogP contribution in [0.25, 0.3) is 0 Å². The largest absolute Gasteiger partial charge is 0.480 e. The maximum Gasteiger partial charge on any atom is 0.326 e. The number of hydrogen-bond acceptors (Lipinski definition) is 5. The molecule has 7 nitrogen and oxygen atoms in total. The monoisotopic (exact) mass is 281 g/mol. The molecule has 0 spiro atoms. The van der Waals surface area contributed by atoms with Gasteiger partial charge in [-0.1, -0.05) is 0 Å². The number of nitrogens with zero attached hydrogens (tertiary/aromatic N) is 1. The summed E-state index contributed by atoms with van der Waals surface area (Å²) >= 11 is 0. The highest BCUT2D eigenvalue weighted by Gasteiger charge is 2.27. The van der Waals surface area contributed by atoms with E-state index in [0.717, 1.165) is 12.8 Å². The van der Waals surface area contributed by atoms with Gasteiger partial charge in [0.05, 0.1) is 0 Å². The van der Waals surface area contributed by atoms with E-state index in [1.807, 2.05) is 0 Å². The number of carboxylic acid groups (broad SMARTS) is 1. The molecule has 3 N–H and O–H groups in total. The molecular formula is C13H19N3O4. The molecule has 1 fully saturated rings. The molecule has 2 rings (SSSR count). The van der Waals surface area contributed by atoms with Crippen molar-refractivity contribution in [3.8, 4) is 0 Å². The summed E-state index contributed by atoms with van der Waals surface area (Å²) in [5, 5.41) is 12.0. The Morgan fingerprint density at radius 1 is 1.65 bits per heavy atom. The topological polar surface area (TPSA) is 104 Å². The second-order valence-electron chi connectivity index (χ2n) is 4.96. The van der Waals surface area contributed by atoms with E-state index in [0.29, 0.717) is 37.0 Å². The standard InChI is InChI=1S/C13H19N3O4/c1-20-6-2-3-9(13(18)19)14-10-7-11(17)16-12(15-10)8-4-5-8/h7-9H,2-6H2,1H3,(H,18,19)(H2,14,15,16,17). The van der Waals surface area contributed by atoms with Crippen LogP contribution in [0.4, 0.5) is 5.82 Å². The number of carbonyl (C=O) groups is 1. The van der Waals surface area contributed by atoms with Gasteiger partial charge in [0, 0.05) is 25.7 Å². The highest BCUT2D eigenvalue weighted by atomic mass is 16.5. The average molecular weight is 281 g/mol. The minimum Gasteiger partial charge on any atom is -0.480 e. The SMILES string of the molecule is COCCCC(Nc1cc(=O)[nH]c(C2CC2)n1)C(=O)O. The summed E-state index contributed by atoms with van der Waals surface area (Å²) in [5.41, 5.74) is -0.259. The second kappa shape index (κ2) is 6.51. The van der Waals surface area contributed by atoms with E-state index in [1.165, 1.54) is 6.07 Å². The quantitative estimate of drug-likeness (QED) is 0.613. The van der Waals surface area contributed by atoms with Crippen molar-refractivity contribution in [2.45, 2.75) is 37.6 Å². The van der Waals surface area contributed by atoms with Gasteiger partial charge in [-0.15, -0.1) is 0 Å². The lowest BCUT2D eigenvalue weighted by Crippen LogP contribution is -2.30. The molecular weight excluding hydrogens is 262 g/mol. The molecule has 1 atom stereocenters. The van der Waals surface area contributed by atoms with Crippen molar-refractivity contribution in [2.75, 3.05) is 19.0 Å². The maximum atomic E-state index is 11.6. The average Bonchev–Trinajstić information content (AvgIpc) is 3.21. The van der Waals surface area contributed by atoms with Crippen molar-refractivity contribution < 1.29 is 14.6 Å². The van der Waals surface area contributed by atoms with Gasteiger partial charge in [-0.2, -0.15) is 0 Å². The van der Waals surface area contributed by atoms with Crippen LogP contribution in [0.3, 0.4) is 0 Å². The van der Waals surface area contributed by atoms with Gasteiger partial charge in [-0.3, -0.25) is 4.79 Å². The Bertz CT molecular complexity index is 525. The van der Waals surface area contributed by atoms with Crippen molar-refractivity contribution in [2.24, 2.45) is 0 Å². The molecule has 1 heterocycles. The predicted octanol–water partition coefficient (Wildman–Crippen LogP) is 0.939. The third kappa shape index (κ3) is 4.06. The lowest BCUT2D eigenvalue weighted by atomic mass is 10.1. The number of aliphatic carboxylic acids is 1. The van der Waals surface area contributed by atoms with Gasteiger partial charge >= 0.3 is 5.97 Å². The zero-order valence-electron chi connectivity index (χ0n) is 11.4. The van der Waals surface area contributed by atoms with E-state index in [-0.39, 0.29) is 5.56 Å². The number of aromatic nitrogens is 2. The van der Waals surface area contributed by atoms with Crippen LogP contribution in [-0.4, -0.2) is 40.8 Å². The molecule has 110 valence electrons. The number of anilines is 1. The fourth-order valence-electron chi connectivity index (χ4n) is 1.97. The fourth-order valence-corrected chi connectivity index (χ4v) is 1.97. The zero-order valence-corrected chi connectivity index (χ0v) is 11.4. The van der Waals surface area contributed by atoms with Crippen LogP contribution in [0.1, 0.15) is 37.4 Å². The van der Waals surface area contributed by atoms with Crippen LogP contribution in [0.5, 0.6) is 0 Å². The maximum absolute atomic E-state index is 11.6. The van der Waals surface area contributed by atoms with E-state index >= 15 is 0 Å². The smallest absolute Gasteiger partial charge is 0.326 e. The van der Waals surface area contributed by atoms with Crippen LogP contribution in [0, 0.1) is 0 Å². The van der Waals surface area contributed by atoms with E-state index in [1.54, 1.807) is 7.11 Å². The molecule has 1 aromatic heterocycles. The molecule has 0 aliphatic heterocycles. The van der Waals surface area contributed by atoms with Crippen LogP contribution < -0.4 is 10.9 Å². The number of nitrogens with one attached hydrogen (secondary N) is 2. The number of aromatic amines is 1. The number of rotatable bonds is 8. The first kappa shape index (κ1) is 14.5. The molecule has 0 aromatic carbocycles. The molecule has 1 saturated carbocycles. The molecule has 0 radical (unpaired) electrons. The van der Waals surface area contributed by atoms with Crippen molar-refractivity contribution in [1.82, 2.24) is 9.97 Å². The molecule has 7 heteroatoms. The molecule has 0 saturated heterocycles. The minimum absolute atomic E-state index is 0.259. The van der Waals surface area contributed by atoms with E-state index in [4.69, 9.17) is 4.74 Å². The van der Waals surface area contributed by atoms with Gasteiger partial charge in [-0.05, 0) is 25.7 Å². The molecule has 0 bridgehead atoms. The number of ether oxygens (including phenoxy) is 1. The fraction of sp³-hybridized carbons (Fsp3) is 0.615. The lowest BCUT2D eigenvalue weighted by molar-refractivity contribution is -0.138. The Kier molecular flexibility index (Phi) is 4.73. The van der Waals surface area contributed by atoms with Gasteiger partial charge in [0.2, 0.25) is 0 Å². The Hall–Kier alpha value is -1.89. The van der Waals surface area contributed by atoms with Crippen LogP contribution in [-0.2, 0) is 9.53 Å². The summed E-state index contributed by atoms with van der Waals surface area (Å²) in [5.74, 6) is 0.305. The van der Waals surface area contributed by atoms with Gasteiger partial charge in [0.25, 0.3) is 5.56 Å². The van der Waals surface area contributed by atoms with E-state index < -0.39 is 12.0 Å². The number of carboxylic acids is 1. The summed E-state index contributed by atoms with van der Waals surface area (Å²) in [6, 6.07) is 0.518. The van der Waals surface area contributed by atoms with Crippen molar-refractivity contribution in [3.63, 3.8) is 0 Å².